The van der Waals surface area contributed by atoms with Gasteiger partial charge < -0.3 is 16.4 Å². The fourth-order valence-electron chi connectivity index (χ4n) is 1.74. The first-order chi connectivity index (χ1) is 9.13. The zero-order valence-electron chi connectivity index (χ0n) is 10.4. The molecule has 2 aromatic rings. The van der Waals surface area contributed by atoms with Crippen molar-refractivity contribution in [1.82, 2.24) is 15.6 Å². The largest absolute Gasteiger partial charge is 0.383 e. The maximum Gasteiger partial charge on any atom is 0.253 e. The monoisotopic (exact) mass is 258 g/mol. The van der Waals surface area contributed by atoms with Gasteiger partial charge in [-0.2, -0.15) is 0 Å². The van der Waals surface area contributed by atoms with Crippen molar-refractivity contribution in [2.45, 2.75) is 0 Å². The van der Waals surface area contributed by atoms with E-state index in [2.05, 4.69) is 15.6 Å². The molecule has 0 unspecified atom stereocenters. The molecule has 98 valence electrons. The third-order valence-electron chi connectivity index (χ3n) is 2.76. The van der Waals surface area contributed by atoms with E-state index in [1.165, 1.54) is 13.2 Å². The predicted octanol–water partition coefficient (Wildman–Crippen LogP) is 0.293. The number of rotatable bonds is 3. The van der Waals surface area contributed by atoms with E-state index in [1.54, 1.807) is 12.1 Å². The molecule has 0 saturated carbocycles. The number of nitrogens with two attached hydrogens (primary N) is 1. The number of nitrogens with one attached hydrogen (secondary N) is 2. The molecule has 0 aliphatic heterocycles. The fourth-order valence-corrected chi connectivity index (χ4v) is 1.74. The number of nitrogen functional groups attached to an aromatic ring is 1. The Morgan fingerprint density at radius 2 is 1.95 bits per heavy atom. The lowest BCUT2D eigenvalue weighted by molar-refractivity contribution is -0.119. The van der Waals surface area contributed by atoms with Crippen LogP contribution in [0, 0.1) is 0 Å². The van der Waals surface area contributed by atoms with Crippen LogP contribution in [0.1, 0.15) is 10.4 Å². The number of pyridine rings is 1. The number of carbonyl (C=O) groups is 2. The molecule has 0 aliphatic rings. The number of anilines is 1. The molecule has 1 heterocycles. The molecule has 6 nitrogen and oxygen atoms in total. The number of nitrogens with zero attached hydrogens (tertiary/aromatic N) is 1. The van der Waals surface area contributed by atoms with E-state index in [-0.39, 0.29) is 18.4 Å². The van der Waals surface area contributed by atoms with Crippen molar-refractivity contribution < 1.29 is 9.59 Å². The molecular weight excluding hydrogens is 244 g/mol. The second kappa shape index (κ2) is 5.34. The zero-order valence-corrected chi connectivity index (χ0v) is 10.4. The van der Waals surface area contributed by atoms with E-state index < -0.39 is 0 Å². The summed E-state index contributed by atoms with van der Waals surface area (Å²) in [5.74, 6) is -0.244. The minimum Gasteiger partial charge on any atom is -0.383 e. The topological polar surface area (TPSA) is 97.1 Å². The summed E-state index contributed by atoms with van der Waals surface area (Å²) in [4.78, 5) is 27.1. The molecule has 0 spiro atoms. The molecule has 2 amide bonds. The van der Waals surface area contributed by atoms with Crippen LogP contribution in [0.4, 0.5) is 5.82 Å². The molecule has 4 N–H and O–H groups in total. The van der Waals surface area contributed by atoms with Crippen molar-refractivity contribution in [3.8, 4) is 0 Å². The Kier molecular flexibility index (Phi) is 3.61. The molecule has 1 aromatic heterocycles. The molecule has 0 fully saturated rings. The summed E-state index contributed by atoms with van der Waals surface area (Å²) in [6, 6.07) is 7.24. The standard InChI is InChI=1S/C13H14N4O2/c1-15-11(18)7-17-13(19)10-6-16-12(14)9-5-3-2-4-8(9)10/h2-6H,7H2,1H3,(H2,14,16)(H,15,18)(H,17,19). The summed E-state index contributed by atoms with van der Waals surface area (Å²) in [5.41, 5.74) is 6.16. The maximum atomic E-state index is 12.0. The molecule has 6 heteroatoms. The Hall–Kier alpha value is -2.63. The van der Waals surface area contributed by atoms with Crippen molar-refractivity contribution in [2.24, 2.45) is 0 Å². The van der Waals surface area contributed by atoms with Gasteiger partial charge in [0.25, 0.3) is 5.91 Å². The normalized spacial score (nSPS) is 10.2. The van der Waals surface area contributed by atoms with Crippen LogP contribution in [0.3, 0.4) is 0 Å². The molecule has 2 rings (SSSR count). The first-order valence-corrected chi connectivity index (χ1v) is 5.75. The van der Waals surface area contributed by atoms with E-state index in [0.717, 1.165) is 5.39 Å². The van der Waals surface area contributed by atoms with E-state index in [4.69, 9.17) is 5.73 Å². The summed E-state index contributed by atoms with van der Waals surface area (Å²) >= 11 is 0. The molecule has 0 atom stereocenters. The molecule has 0 aliphatic carbocycles. The van der Waals surface area contributed by atoms with Crippen molar-refractivity contribution in [2.75, 3.05) is 19.3 Å². The smallest absolute Gasteiger partial charge is 0.253 e. The number of likely N-dealkylation sites (N-methyl/N-ethyl adjacent to an activating group) is 1. The number of hydrogen-bond donors (Lipinski definition) is 3. The first kappa shape index (κ1) is 12.8. The Labute approximate surface area is 110 Å². The fraction of sp³-hybridized carbons (Fsp3) is 0.154. The van der Waals surface area contributed by atoms with E-state index >= 15 is 0 Å². The summed E-state index contributed by atoms with van der Waals surface area (Å²) < 4.78 is 0. The highest BCUT2D eigenvalue weighted by Gasteiger charge is 2.12. The first-order valence-electron chi connectivity index (χ1n) is 5.75. The van der Waals surface area contributed by atoms with Gasteiger partial charge >= 0.3 is 0 Å². The highest BCUT2D eigenvalue weighted by atomic mass is 16.2. The van der Waals surface area contributed by atoms with Crippen LogP contribution in [0.2, 0.25) is 0 Å². The van der Waals surface area contributed by atoms with Gasteiger partial charge in [0.15, 0.2) is 0 Å². The van der Waals surface area contributed by atoms with Gasteiger partial charge in [0.2, 0.25) is 5.91 Å². The minimum atomic E-state index is -0.354. The molecular formula is C13H14N4O2. The van der Waals surface area contributed by atoms with Gasteiger partial charge in [-0.3, -0.25) is 9.59 Å². The number of fused-ring (bicyclic) bond motifs is 1. The zero-order chi connectivity index (χ0) is 13.8. The highest BCUT2D eigenvalue weighted by molar-refractivity contribution is 6.09. The summed E-state index contributed by atoms with van der Waals surface area (Å²) in [6.07, 6.45) is 1.41. The summed E-state index contributed by atoms with van der Waals surface area (Å²) in [7, 11) is 1.51. The van der Waals surface area contributed by atoms with E-state index in [0.29, 0.717) is 16.8 Å². The lowest BCUT2D eigenvalue weighted by atomic mass is 10.1. The third kappa shape index (κ3) is 2.62. The van der Waals surface area contributed by atoms with Crippen LogP contribution in [0.5, 0.6) is 0 Å². The number of hydrogen-bond acceptors (Lipinski definition) is 4. The van der Waals surface area contributed by atoms with Crippen LogP contribution in [-0.4, -0.2) is 30.4 Å². The Balaban J connectivity index is 2.32. The number of benzene rings is 1. The Morgan fingerprint density at radius 3 is 2.63 bits per heavy atom. The van der Waals surface area contributed by atoms with Gasteiger partial charge in [-0.15, -0.1) is 0 Å². The number of amides is 2. The van der Waals surface area contributed by atoms with Crippen LogP contribution in [0.15, 0.2) is 30.5 Å². The van der Waals surface area contributed by atoms with E-state index in [9.17, 15) is 9.59 Å². The third-order valence-corrected chi connectivity index (χ3v) is 2.76. The lowest BCUT2D eigenvalue weighted by Crippen LogP contribution is -2.35. The minimum absolute atomic E-state index is 0.0754. The number of carbonyl (C=O) groups excluding carboxylic acids is 2. The maximum absolute atomic E-state index is 12.0. The molecule has 0 saturated heterocycles. The van der Waals surface area contributed by atoms with Crippen LogP contribution in [0.25, 0.3) is 10.8 Å². The Morgan fingerprint density at radius 1 is 1.26 bits per heavy atom. The average Bonchev–Trinajstić information content (AvgIpc) is 2.45. The van der Waals surface area contributed by atoms with Crippen molar-refractivity contribution in [3.63, 3.8) is 0 Å². The SMILES string of the molecule is CNC(=O)CNC(=O)c1cnc(N)c2ccccc12. The van der Waals surface area contributed by atoms with E-state index in [1.807, 2.05) is 12.1 Å². The van der Waals surface area contributed by atoms with Crippen molar-refractivity contribution >= 4 is 28.4 Å². The van der Waals surface area contributed by atoms with Crippen molar-refractivity contribution in [3.05, 3.63) is 36.0 Å². The molecule has 0 bridgehead atoms. The van der Waals surface area contributed by atoms with Gasteiger partial charge in [0.1, 0.15) is 5.82 Å². The molecule has 0 radical (unpaired) electrons. The summed E-state index contributed by atoms with van der Waals surface area (Å²) in [6.45, 7) is -0.0754. The van der Waals surface area contributed by atoms with Gasteiger partial charge in [0.05, 0.1) is 12.1 Å². The number of aromatic nitrogens is 1. The van der Waals surface area contributed by atoms with Crippen LogP contribution >= 0.6 is 0 Å². The molecule has 19 heavy (non-hydrogen) atoms. The quantitative estimate of drug-likeness (QED) is 0.737. The summed E-state index contributed by atoms with van der Waals surface area (Å²) in [5, 5.41) is 6.39. The van der Waals surface area contributed by atoms with Gasteiger partial charge in [0, 0.05) is 18.6 Å². The van der Waals surface area contributed by atoms with Gasteiger partial charge in [-0.05, 0) is 5.39 Å². The van der Waals surface area contributed by atoms with Crippen molar-refractivity contribution in [1.29, 1.82) is 0 Å². The lowest BCUT2D eigenvalue weighted by Gasteiger charge is -2.08. The van der Waals surface area contributed by atoms with Gasteiger partial charge in [-0.25, -0.2) is 4.98 Å². The second-order valence-electron chi connectivity index (χ2n) is 3.96. The van der Waals surface area contributed by atoms with Crippen LogP contribution in [-0.2, 0) is 4.79 Å². The van der Waals surface area contributed by atoms with Crippen LogP contribution < -0.4 is 16.4 Å². The Bertz CT molecular complexity index is 640. The highest BCUT2D eigenvalue weighted by Crippen LogP contribution is 2.22. The average molecular weight is 258 g/mol. The van der Waals surface area contributed by atoms with Gasteiger partial charge in [-0.1, -0.05) is 24.3 Å². The molecule has 1 aromatic carbocycles. The second-order valence-corrected chi connectivity index (χ2v) is 3.96. The predicted molar refractivity (Wildman–Crippen MR) is 72.6 cm³/mol.